The predicted octanol–water partition coefficient (Wildman–Crippen LogP) is 3.69. The molecule has 1 aromatic carbocycles. The number of ether oxygens (including phenoxy) is 3. The summed E-state index contributed by atoms with van der Waals surface area (Å²) in [4.78, 5) is 20.0. The van der Waals surface area contributed by atoms with Gasteiger partial charge in [-0.25, -0.2) is 15.0 Å². The number of rotatable bonds is 7. The maximum Gasteiger partial charge on any atom is 0.230 e. The Bertz CT molecular complexity index is 1010. The Labute approximate surface area is 181 Å². The zero-order chi connectivity index (χ0) is 21.6. The van der Waals surface area contributed by atoms with Gasteiger partial charge in [-0.05, 0) is 31.4 Å². The molecule has 0 bridgehead atoms. The third kappa shape index (κ3) is 4.60. The van der Waals surface area contributed by atoms with Crippen LogP contribution >= 0.6 is 0 Å². The Balaban J connectivity index is 1.60. The molecule has 1 saturated heterocycles. The van der Waals surface area contributed by atoms with Crippen molar-refractivity contribution in [3.8, 4) is 28.6 Å². The molecule has 31 heavy (non-hydrogen) atoms. The number of nitrogens with one attached hydrogen (secondary N) is 1. The molecule has 9 heteroatoms. The Morgan fingerprint density at radius 3 is 2.29 bits per heavy atom. The van der Waals surface area contributed by atoms with Crippen molar-refractivity contribution in [3.63, 3.8) is 0 Å². The van der Waals surface area contributed by atoms with E-state index in [9.17, 15) is 0 Å². The number of anilines is 3. The van der Waals surface area contributed by atoms with Gasteiger partial charge in [0.25, 0.3) is 0 Å². The molecule has 0 aliphatic carbocycles. The van der Waals surface area contributed by atoms with Gasteiger partial charge in [0.05, 0.1) is 21.3 Å². The molecule has 0 saturated carbocycles. The van der Waals surface area contributed by atoms with Crippen LogP contribution in [0.2, 0.25) is 0 Å². The first-order chi connectivity index (χ1) is 15.2. The maximum absolute atomic E-state index is 5.41. The van der Waals surface area contributed by atoms with E-state index in [2.05, 4.69) is 30.2 Å². The lowest BCUT2D eigenvalue weighted by Crippen LogP contribution is -2.30. The number of methoxy groups -OCH3 is 3. The number of hydrogen-bond acceptors (Lipinski definition) is 9. The van der Waals surface area contributed by atoms with E-state index in [0.717, 1.165) is 24.5 Å². The van der Waals surface area contributed by atoms with Crippen LogP contribution in [0.5, 0.6) is 17.2 Å². The summed E-state index contributed by atoms with van der Waals surface area (Å²) in [6.45, 7) is 2.06. The molecule has 4 rings (SSSR count). The van der Waals surface area contributed by atoms with Gasteiger partial charge in [-0.2, -0.15) is 4.98 Å². The smallest absolute Gasteiger partial charge is 0.230 e. The van der Waals surface area contributed by atoms with Gasteiger partial charge in [0.15, 0.2) is 17.3 Å². The number of pyridine rings is 1. The van der Waals surface area contributed by atoms with Crippen LogP contribution in [0.4, 0.5) is 17.5 Å². The average Bonchev–Trinajstić information content (AvgIpc) is 2.84. The van der Waals surface area contributed by atoms with Gasteiger partial charge in [0.2, 0.25) is 11.7 Å². The molecule has 9 nitrogen and oxygen atoms in total. The molecule has 0 atom stereocenters. The number of benzene rings is 1. The summed E-state index contributed by atoms with van der Waals surface area (Å²) in [7, 11) is 4.72. The van der Waals surface area contributed by atoms with Gasteiger partial charge in [-0.1, -0.05) is 0 Å². The highest BCUT2D eigenvalue weighted by Gasteiger charge is 2.15. The van der Waals surface area contributed by atoms with Crippen molar-refractivity contribution in [1.29, 1.82) is 0 Å². The van der Waals surface area contributed by atoms with Crippen molar-refractivity contribution in [3.05, 3.63) is 36.8 Å². The maximum atomic E-state index is 5.41. The highest BCUT2D eigenvalue weighted by molar-refractivity contribution is 5.67. The zero-order valence-corrected chi connectivity index (χ0v) is 18.0. The second kappa shape index (κ2) is 9.46. The van der Waals surface area contributed by atoms with Crippen molar-refractivity contribution in [2.75, 3.05) is 44.6 Å². The zero-order valence-electron chi connectivity index (χ0n) is 18.0. The van der Waals surface area contributed by atoms with E-state index >= 15 is 0 Å². The molecule has 1 N–H and O–H groups in total. The van der Waals surface area contributed by atoms with Crippen LogP contribution < -0.4 is 24.4 Å². The molecule has 3 aromatic rings. The van der Waals surface area contributed by atoms with Crippen LogP contribution in [0.15, 0.2) is 36.8 Å². The van der Waals surface area contributed by atoms with Crippen LogP contribution in [0.1, 0.15) is 19.3 Å². The standard InChI is InChI=1S/C22H26N6O3/c1-29-17-12-16(13-18(30-2)20(17)31-3)26-22-25-14-24-21(27-22)15-7-8-23-19(11-15)28-9-5-4-6-10-28/h7-8,11-14H,4-6,9-10H2,1-3H3,(H,24,25,26,27). The molecular formula is C22H26N6O3. The van der Waals surface area contributed by atoms with Crippen LogP contribution in [0, 0.1) is 0 Å². The molecule has 1 aliphatic heterocycles. The van der Waals surface area contributed by atoms with Gasteiger partial charge in [-0.15, -0.1) is 0 Å². The fourth-order valence-corrected chi connectivity index (χ4v) is 3.63. The normalized spacial score (nSPS) is 13.6. The van der Waals surface area contributed by atoms with E-state index in [1.807, 2.05) is 12.1 Å². The minimum absolute atomic E-state index is 0.413. The summed E-state index contributed by atoms with van der Waals surface area (Å²) in [5.74, 6) is 3.55. The third-order valence-corrected chi connectivity index (χ3v) is 5.18. The number of piperidine rings is 1. The van der Waals surface area contributed by atoms with Gasteiger partial charge in [-0.3, -0.25) is 0 Å². The molecule has 0 amide bonds. The summed E-state index contributed by atoms with van der Waals surface area (Å²) in [6, 6.07) is 7.54. The molecular weight excluding hydrogens is 396 g/mol. The number of hydrogen-bond donors (Lipinski definition) is 1. The Hall–Kier alpha value is -3.62. The summed E-state index contributed by atoms with van der Waals surface area (Å²) in [6.07, 6.45) is 6.96. The minimum atomic E-state index is 0.413. The van der Waals surface area contributed by atoms with Crippen molar-refractivity contribution in [2.24, 2.45) is 0 Å². The number of nitrogens with zero attached hydrogens (tertiary/aromatic N) is 5. The van der Waals surface area contributed by atoms with E-state index in [0.29, 0.717) is 34.7 Å². The Morgan fingerprint density at radius 1 is 0.871 bits per heavy atom. The predicted molar refractivity (Wildman–Crippen MR) is 119 cm³/mol. The van der Waals surface area contributed by atoms with Crippen molar-refractivity contribution < 1.29 is 14.2 Å². The van der Waals surface area contributed by atoms with Gasteiger partial charge >= 0.3 is 0 Å². The third-order valence-electron chi connectivity index (χ3n) is 5.18. The fraction of sp³-hybridized carbons (Fsp3) is 0.364. The average molecular weight is 422 g/mol. The highest BCUT2D eigenvalue weighted by atomic mass is 16.5. The first-order valence-corrected chi connectivity index (χ1v) is 10.2. The summed E-state index contributed by atoms with van der Waals surface area (Å²) in [5, 5.41) is 3.19. The lowest BCUT2D eigenvalue weighted by molar-refractivity contribution is 0.324. The summed E-state index contributed by atoms with van der Waals surface area (Å²) < 4.78 is 16.2. The van der Waals surface area contributed by atoms with Crippen molar-refractivity contribution in [2.45, 2.75) is 19.3 Å². The van der Waals surface area contributed by atoms with E-state index in [4.69, 9.17) is 14.2 Å². The molecule has 1 fully saturated rings. The van der Waals surface area contributed by atoms with E-state index in [1.54, 1.807) is 39.7 Å². The van der Waals surface area contributed by atoms with E-state index in [1.165, 1.54) is 25.6 Å². The van der Waals surface area contributed by atoms with E-state index in [-0.39, 0.29) is 0 Å². The largest absolute Gasteiger partial charge is 0.493 e. The molecule has 0 spiro atoms. The Kier molecular flexibility index (Phi) is 6.30. The van der Waals surface area contributed by atoms with Crippen LogP contribution in [-0.4, -0.2) is 54.4 Å². The molecule has 162 valence electrons. The summed E-state index contributed by atoms with van der Waals surface area (Å²) >= 11 is 0. The van der Waals surface area contributed by atoms with E-state index < -0.39 is 0 Å². The van der Waals surface area contributed by atoms with Gasteiger partial charge in [0, 0.05) is 42.7 Å². The minimum Gasteiger partial charge on any atom is -0.493 e. The first kappa shape index (κ1) is 20.6. The van der Waals surface area contributed by atoms with Crippen molar-refractivity contribution >= 4 is 17.5 Å². The Morgan fingerprint density at radius 2 is 1.61 bits per heavy atom. The highest BCUT2D eigenvalue weighted by Crippen LogP contribution is 2.40. The molecule has 2 aromatic heterocycles. The lowest BCUT2D eigenvalue weighted by Gasteiger charge is -2.27. The summed E-state index contributed by atoms with van der Waals surface area (Å²) in [5.41, 5.74) is 1.60. The second-order valence-corrected chi connectivity index (χ2v) is 7.12. The van der Waals surface area contributed by atoms with Gasteiger partial charge < -0.3 is 24.4 Å². The van der Waals surface area contributed by atoms with Gasteiger partial charge in [0.1, 0.15) is 12.1 Å². The van der Waals surface area contributed by atoms with Crippen LogP contribution in [-0.2, 0) is 0 Å². The molecule has 0 radical (unpaired) electrons. The first-order valence-electron chi connectivity index (χ1n) is 10.2. The second-order valence-electron chi connectivity index (χ2n) is 7.12. The topological polar surface area (TPSA) is 94.5 Å². The quantitative estimate of drug-likeness (QED) is 0.611. The molecule has 0 unspecified atom stereocenters. The monoisotopic (exact) mass is 422 g/mol. The van der Waals surface area contributed by atoms with Crippen LogP contribution in [0.3, 0.4) is 0 Å². The fourth-order valence-electron chi connectivity index (χ4n) is 3.63. The van der Waals surface area contributed by atoms with Crippen molar-refractivity contribution in [1.82, 2.24) is 19.9 Å². The lowest BCUT2D eigenvalue weighted by atomic mass is 10.1. The SMILES string of the molecule is COc1cc(Nc2ncnc(-c3ccnc(N4CCCCC4)c3)n2)cc(OC)c1OC. The molecule has 1 aliphatic rings. The van der Waals surface area contributed by atoms with Crippen LogP contribution in [0.25, 0.3) is 11.4 Å². The number of aromatic nitrogens is 4. The molecule has 3 heterocycles.